The highest BCUT2D eigenvalue weighted by atomic mass is 16.6. The van der Waals surface area contributed by atoms with Crippen LogP contribution >= 0.6 is 0 Å². The van der Waals surface area contributed by atoms with Crippen molar-refractivity contribution in [3.63, 3.8) is 0 Å². The number of hydrogen-bond donors (Lipinski definition) is 2. The Labute approximate surface area is 178 Å². The van der Waals surface area contributed by atoms with Gasteiger partial charge in [-0.1, -0.05) is 20.8 Å². The van der Waals surface area contributed by atoms with Gasteiger partial charge in [0.2, 0.25) is 11.8 Å². The molecule has 29 heavy (non-hydrogen) atoms. The van der Waals surface area contributed by atoms with Crippen LogP contribution in [0.25, 0.3) is 0 Å². The van der Waals surface area contributed by atoms with Crippen molar-refractivity contribution in [2.75, 3.05) is 79.2 Å². The summed E-state index contributed by atoms with van der Waals surface area (Å²) in [5.74, 6) is -0.0227. The summed E-state index contributed by atoms with van der Waals surface area (Å²) in [6.07, 6.45) is 1.73. The number of ether oxygens (including phenoxy) is 5. The van der Waals surface area contributed by atoms with E-state index in [4.69, 9.17) is 23.7 Å². The van der Waals surface area contributed by atoms with Crippen molar-refractivity contribution < 1.29 is 36.1 Å². The molecular weight excluding hydrogens is 380 g/mol. The lowest BCUT2D eigenvalue weighted by molar-refractivity contribution is -0.126. The quantitative estimate of drug-likeness (QED) is 0.267. The van der Waals surface area contributed by atoms with Crippen molar-refractivity contribution in [3.8, 4) is 0 Å². The fourth-order valence-corrected chi connectivity index (χ4v) is 1.99. The summed E-state index contributed by atoms with van der Waals surface area (Å²) in [5.41, 5.74) is 0. The normalized spacial score (nSPS) is 12.0. The van der Waals surface area contributed by atoms with Crippen molar-refractivity contribution in [2.45, 2.75) is 33.6 Å². The van der Waals surface area contributed by atoms with E-state index in [1.54, 1.807) is 0 Å². The molecule has 176 valence electrons. The predicted octanol–water partition coefficient (Wildman–Crippen LogP) is 1.25. The van der Waals surface area contributed by atoms with Crippen molar-refractivity contribution in [1.29, 1.82) is 0 Å². The van der Waals surface area contributed by atoms with Gasteiger partial charge >= 0.3 is 0 Å². The molecule has 0 bridgehead atoms. The highest BCUT2D eigenvalue weighted by Gasteiger charge is 2.08. The molecule has 0 aliphatic heterocycles. The fraction of sp³-hybridized carbons (Fsp3) is 0.900. The summed E-state index contributed by atoms with van der Waals surface area (Å²) in [6, 6.07) is 0. The smallest absolute Gasteiger partial charge is 0.246 e. The van der Waals surface area contributed by atoms with Crippen LogP contribution in [0.1, 0.15) is 36.5 Å². The van der Waals surface area contributed by atoms with E-state index in [-0.39, 0.29) is 27.2 Å². The molecule has 0 radical (unpaired) electrons. The molecule has 0 saturated heterocycles. The lowest BCUT2D eigenvalue weighted by atomic mass is 10.1. The second-order valence-electron chi connectivity index (χ2n) is 6.45. The van der Waals surface area contributed by atoms with Gasteiger partial charge in [0.15, 0.2) is 0 Å². The Morgan fingerprint density at radius 3 is 1.69 bits per heavy atom. The topological polar surface area (TPSA) is 104 Å². The van der Waals surface area contributed by atoms with Gasteiger partial charge < -0.3 is 34.3 Å². The second kappa shape index (κ2) is 21.4. The first kappa shape index (κ1) is 27.7. The molecule has 0 heterocycles. The number of rotatable bonds is 21. The highest BCUT2D eigenvalue weighted by molar-refractivity contribution is 5.78. The van der Waals surface area contributed by atoms with E-state index in [2.05, 4.69) is 10.6 Å². The summed E-state index contributed by atoms with van der Waals surface area (Å²) >= 11 is 0. The molecule has 0 saturated carbocycles. The lowest BCUT2D eigenvalue weighted by Gasteiger charge is -2.10. The zero-order valence-electron chi connectivity index (χ0n) is 18.3. The minimum absolute atomic E-state index is 0. The van der Waals surface area contributed by atoms with Gasteiger partial charge in [-0.25, -0.2) is 0 Å². The summed E-state index contributed by atoms with van der Waals surface area (Å²) < 4.78 is 26.7. The van der Waals surface area contributed by atoms with Gasteiger partial charge in [0, 0.05) is 28.5 Å². The molecule has 0 aromatic rings. The third-order valence-electron chi connectivity index (χ3n) is 3.87. The van der Waals surface area contributed by atoms with E-state index < -0.39 is 0 Å². The molecule has 2 amide bonds. The Kier molecular flexibility index (Phi) is 20.5. The van der Waals surface area contributed by atoms with Crippen molar-refractivity contribution in [1.82, 2.24) is 10.6 Å². The molecule has 1 atom stereocenters. The molecule has 9 heteroatoms. The Morgan fingerprint density at radius 2 is 1.21 bits per heavy atom. The molecule has 0 aliphatic carbocycles. The van der Waals surface area contributed by atoms with Gasteiger partial charge in [-0.05, 0) is 12.8 Å². The van der Waals surface area contributed by atoms with Gasteiger partial charge in [0.05, 0.1) is 52.9 Å². The van der Waals surface area contributed by atoms with Crippen LogP contribution in [-0.4, -0.2) is 91.0 Å². The van der Waals surface area contributed by atoms with Crippen molar-refractivity contribution >= 4 is 11.8 Å². The molecule has 0 aromatic heterocycles. The number of amides is 2. The maximum Gasteiger partial charge on any atom is 0.246 e. The third kappa shape index (κ3) is 19.8. The molecule has 9 nitrogen and oxygen atoms in total. The lowest BCUT2D eigenvalue weighted by Crippen LogP contribution is -2.31. The molecule has 0 aliphatic rings. The van der Waals surface area contributed by atoms with Crippen LogP contribution in [0, 0.1) is 5.92 Å². The van der Waals surface area contributed by atoms with Gasteiger partial charge in [-0.2, -0.15) is 0 Å². The minimum Gasteiger partial charge on any atom is -0.377 e. The largest absolute Gasteiger partial charge is 0.377 e. The summed E-state index contributed by atoms with van der Waals surface area (Å²) in [4.78, 5) is 22.9. The highest BCUT2D eigenvalue weighted by Crippen LogP contribution is 1.98. The first-order valence-electron chi connectivity index (χ1n) is 10.5. The third-order valence-corrected chi connectivity index (χ3v) is 3.87. The molecule has 0 spiro atoms. The van der Waals surface area contributed by atoms with Crippen LogP contribution in [0.15, 0.2) is 0 Å². The number of carbonyl (C=O) groups excluding carboxylic acids is 2. The summed E-state index contributed by atoms with van der Waals surface area (Å²) in [7, 11) is 0. The van der Waals surface area contributed by atoms with E-state index in [9.17, 15) is 9.59 Å². The molecule has 0 fully saturated rings. The van der Waals surface area contributed by atoms with E-state index in [0.717, 1.165) is 12.8 Å². The SMILES string of the molecule is CCCOCC(=O)NCCOCCOCCOCCOCCNC(=O)C(C)CC.[HH].[HH]. The molecule has 0 aromatic carbocycles. The maximum absolute atomic E-state index is 11.5. The van der Waals surface area contributed by atoms with E-state index in [0.29, 0.717) is 72.6 Å². The van der Waals surface area contributed by atoms with Crippen LogP contribution in [0.2, 0.25) is 0 Å². The van der Waals surface area contributed by atoms with E-state index in [1.165, 1.54) is 0 Å². The standard InChI is InChI=1S/C20H40N2O7.2H2/c1-4-8-29-17-19(23)21-6-9-25-11-13-27-15-16-28-14-12-26-10-7-22-20(24)18(3)5-2;;/h18H,4-17H2,1-3H3,(H,21,23)(H,22,24);2*1H. The number of carbonyl (C=O) groups is 2. The van der Waals surface area contributed by atoms with Crippen LogP contribution in [0.5, 0.6) is 0 Å². The van der Waals surface area contributed by atoms with Gasteiger partial charge in [0.1, 0.15) is 6.61 Å². The van der Waals surface area contributed by atoms with Crippen molar-refractivity contribution in [2.24, 2.45) is 5.92 Å². The van der Waals surface area contributed by atoms with Gasteiger partial charge in [0.25, 0.3) is 0 Å². The van der Waals surface area contributed by atoms with Gasteiger partial charge in [-0.3, -0.25) is 9.59 Å². The molecule has 2 N–H and O–H groups in total. The minimum atomic E-state index is -0.129. The van der Waals surface area contributed by atoms with E-state index in [1.807, 2.05) is 20.8 Å². The van der Waals surface area contributed by atoms with Crippen molar-refractivity contribution in [3.05, 3.63) is 0 Å². The molecule has 1 unspecified atom stereocenters. The zero-order chi connectivity index (χ0) is 21.6. The Bertz CT molecular complexity index is 408. The Morgan fingerprint density at radius 1 is 0.724 bits per heavy atom. The monoisotopic (exact) mass is 424 g/mol. The maximum atomic E-state index is 11.5. The van der Waals surface area contributed by atoms with Crippen LogP contribution < -0.4 is 10.6 Å². The van der Waals surface area contributed by atoms with E-state index >= 15 is 0 Å². The summed E-state index contributed by atoms with van der Waals surface area (Å²) in [6.45, 7) is 11.4. The number of hydrogen-bond acceptors (Lipinski definition) is 7. The van der Waals surface area contributed by atoms with Crippen LogP contribution in [0.4, 0.5) is 0 Å². The van der Waals surface area contributed by atoms with Crippen LogP contribution in [-0.2, 0) is 33.3 Å². The summed E-state index contributed by atoms with van der Waals surface area (Å²) in [5, 5.41) is 5.55. The Hall–Kier alpha value is -1.26. The molecule has 0 rings (SSSR count). The van der Waals surface area contributed by atoms with Gasteiger partial charge in [-0.15, -0.1) is 0 Å². The van der Waals surface area contributed by atoms with Crippen LogP contribution in [0.3, 0.4) is 0 Å². The zero-order valence-corrected chi connectivity index (χ0v) is 18.3. The number of nitrogens with one attached hydrogen (secondary N) is 2. The Balaban J connectivity index is -0.00000392. The fourth-order valence-electron chi connectivity index (χ4n) is 1.99. The predicted molar refractivity (Wildman–Crippen MR) is 114 cm³/mol. The average Bonchev–Trinajstić information content (AvgIpc) is 2.72. The second-order valence-corrected chi connectivity index (χ2v) is 6.45. The first-order chi connectivity index (χ1) is 14.1. The molecular formula is C20H44N2O7. The average molecular weight is 425 g/mol. The first-order valence-corrected chi connectivity index (χ1v) is 10.5.